The number of aliphatic hydroxyl groups excluding tert-OH is 1. The maximum atomic E-state index is 14.5. The zero-order valence-electron chi connectivity index (χ0n) is 32.9. The van der Waals surface area contributed by atoms with Gasteiger partial charge in [-0.1, -0.05) is 131 Å². The summed E-state index contributed by atoms with van der Waals surface area (Å²) < 4.78 is 0. The summed E-state index contributed by atoms with van der Waals surface area (Å²) in [7, 11) is 1.74. The number of hydrogen-bond donors (Lipinski definition) is 6. The summed E-state index contributed by atoms with van der Waals surface area (Å²) in [5.41, 5.74) is 2.08. The van der Waals surface area contributed by atoms with Crippen LogP contribution in [-0.4, -0.2) is 66.3 Å². The predicted octanol–water partition coefficient (Wildman–Crippen LogP) is 6.36. The van der Waals surface area contributed by atoms with Crippen LogP contribution in [0.15, 0.2) is 97.1 Å². The van der Waals surface area contributed by atoms with Gasteiger partial charge in [0.05, 0.1) is 18.6 Å². The molecule has 0 spiro atoms. The van der Waals surface area contributed by atoms with Gasteiger partial charge in [0, 0.05) is 26.1 Å². The van der Waals surface area contributed by atoms with Gasteiger partial charge in [0.25, 0.3) is 0 Å². The molecule has 0 heterocycles. The van der Waals surface area contributed by atoms with Crippen molar-refractivity contribution in [2.24, 2.45) is 17.8 Å². The first kappa shape index (κ1) is 42.9. The third-order valence-corrected chi connectivity index (χ3v) is 10.4. The van der Waals surface area contributed by atoms with Crippen LogP contribution in [0.5, 0.6) is 0 Å². The molecule has 0 aromatic heterocycles. The van der Waals surface area contributed by atoms with Gasteiger partial charge < -0.3 is 31.7 Å². The van der Waals surface area contributed by atoms with Crippen molar-refractivity contribution in [2.75, 3.05) is 20.1 Å². The summed E-state index contributed by atoms with van der Waals surface area (Å²) in [4.78, 5) is 41.5. The summed E-state index contributed by atoms with van der Waals surface area (Å²) >= 11 is 5.19. The van der Waals surface area contributed by atoms with Gasteiger partial charge >= 0.3 is 0 Å². The monoisotopic (exact) mass is 765 g/mol. The van der Waals surface area contributed by atoms with E-state index in [2.05, 4.69) is 95.0 Å². The molecule has 4 aromatic carbocycles. The van der Waals surface area contributed by atoms with E-state index < -0.39 is 30.0 Å². The van der Waals surface area contributed by atoms with E-state index in [1.165, 1.54) is 0 Å². The van der Waals surface area contributed by atoms with Crippen LogP contribution in [0.25, 0.3) is 21.5 Å². The molecule has 3 amide bonds. The molecule has 9 nitrogen and oxygen atoms in total. The Kier molecular flexibility index (Phi) is 17.1. The Morgan fingerprint density at radius 2 is 1.51 bits per heavy atom. The Morgan fingerprint density at radius 3 is 2.24 bits per heavy atom. The molecule has 294 valence electrons. The van der Waals surface area contributed by atoms with E-state index in [-0.39, 0.29) is 30.6 Å². The second-order valence-electron chi connectivity index (χ2n) is 15.0. The molecule has 10 heteroatoms. The molecule has 0 aliphatic carbocycles. The van der Waals surface area contributed by atoms with Crippen molar-refractivity contribution in [3.05, 3.63) is 108 Å². The first-order valence-corrected chi connectivity index (χ1v) is 20.0. The standard InChI is InChI=1S/C45H59N5O4S/c1-6-31(4)29-48-42(52)28-41(51)40(24-30(2)3)50-44(54)39(20-11-12-23-47-45(55)46-5)49-43(53)37(26-32-21-22-33-14-7-8-16-35(33)25-32)27-36-18-13-17-34-15-9-10-19-38(34)36/h7-19,21-22,25,30-31,37,39-41,51H,6,20,23-24,26-29H2,1-5H3,(H,48,52)(H,49,53)(H,50,54)(H2,46,47,55)/b12-11+. The van der Waals surface area contributed by atoms with Crippen LogP contribution < -0.4 is 26.6 Å². The predicted molar refractivity (Wildman–Crippen MR) is 229 cm³/mol. The highest BCUT2D eigenvalue weighted by Gasteiger charge is 2.30. The van der Waals surface area contributed by atoms with Crippen LogP contribution in [0.1, 0.15) is 64.5 Å². The average molecular weight is 766 g/mol. The van der Waals surface area contributed by atoms with Crippen molar-refractivity contribution in [3.8, 4) is 0 Å². The number of hydrogen-bond acceptors (Lipinski definition) is 5. The lowest BCUT2D eigenvalue weighted by Gasteiger charge is -2.28. The molecule has 4 rings (SSSR count). The second kappa shape index (κ2) is 21.9. The van der Waals surface area contributed by atoms with Crippen LogP contribution in [0.3, 0.4) is 0 Å². The van der Waals surface area contributed by atoms with E-state index >= 15 is 0 Å². The third-order valence-electron chi connectivity index (χ3n) is 10.0. The van der Waals surface area contributed by atoms with Crippen molar-refractivity contribution >= 4 is 56.6 Å². The first-order valence-electron chi connectivity index (χ1n) is 19.6. The zero-order chi connectivity index (χ0) is 39.7. The van der Waals surface area contributed by atoms with Gasteiger partial charge in [-0.3, -0.25) is 14.4 Å². The Labute approximate surface area is 332 Å². The molecule has 5 atom stereocenters. The lowest BCUT2D eigenvalue weighted by Crippen LogP contribution is -2.54. The molecule has 0 bridgehead atoms. The van der Waals surface area contributed by atoms with E-state index in [4.69, 9.17) is 12.2 Å². The maximum Gasteiger partial charge on any atom is 0.243 e. The minimum absolute atomic E-state index is 0.130. The van der Waals surface area contributed by atoms with Gasteiger partial charge in [-0.05, 0) is 82.4 Å². The summed E-state index contributed by atoms with van der Waals surface area (Å²) in [5.74, 6) is -0.970. The Morgan fingerprint density at radius 1 is 0.800 bits per heavy atom. The number of carbonyl (C=O) groups excluding carboxylic acids is 3. The third kappa shape index (κ3) is 13.8. The molecule has 0 aliphatic rings. The number of thiocarbonyl (C=S) groups is 1. The van der Waals surface area contributed by atoms with Gasteiger partial charge in [0.2, 0.25) is 17.7 Å². The van der Waals surface area contributed by atoms with Crippen LogP contribution in [0.2, 0.25) is 0 Å². The van der Waals surface area contributed by atoms with E-state index in [9.17, 15) is 19.5 Å². The number of aliphatic hydroxyl groups is 1. The highest BCUT2D eigenvalue weighted by atomic mass is 32.1. The van der Waals surface area contributed by atoms with Crippen molar-refractivity contribution in [1.29, 1.82) is 0 Å². The average Bonchev–Trinajstić information content (AvgIpc) is 3.18. The van der Waals surface area contributed by atoms with E-state index in [0.29, 0.717) is 43.4 Å². The quantitative estimate of drug-likeness (QED) is 0.0456. The highest BCUT2D eigenvalue weighted by Crippen LogP contribution is 2.25. The fraction of sp³-hybridized carbons (Fsp3) is 0.422. The van der Waals surface area contributed by atoms with Crippen LogP contribution in [0.4, 0.5) is 0 Å². The summed E-state index contributed by atoms with van der Waals surface area (Å²) in [6, 6.07) is 27.1. The number of amides is 3. The Bertz CT molecular complexity index is 1910. The minimum Gasteiger partial charge on any atom is -0.390 e. The summed E-state index contributed by atoms with van der Waals surface area (Å²) in [5, 5.41) is 31.1. The molecule has 55 heavy (non-hydrogen) atoms. The van der Waals surface area contributed by atoms with E-state index in [0.717, 1.165) is 39.1 Å². The molecule has 6 N–H and O–H groups in total. The second-order valence-corrected chi connectivity index (χ2v) is 15.4. The summed E-state index contributed by atoms with van der Waals surface area (Å²) in [6.07, 6.45) is 5.00. The van der Waals surface area contributed by atoms with Crippen molar-refractivity contribution in [1.82, 2.24) is 26.6 Å². The van der Waals surface area contributed by atoms with Crippen molar-refractivity contribution in [2.45, 2.75) is 84.4 Å². The lowest BCUT2D eigenvalue weighted by atomic mass is 9.88. The largest absolute Gasteiger partial charge is 0.390 e. The summed E-state index contributed by atoms with van der Waals surface area (Å²) in [6.45, 7) is 9.09. The molecule has 4 aromatic rings. The molecule has 0 saturated heterocycles. The van der Waals surface area contributed by atoms with Gasteiger partial charge in [0.1, 0.15) is 6.04 Å². The van der Waals surface area contributed by atoms with Crippen LogP contribution in [0, 0.1) is 17.8 Å². The topological polar surface area (TPSA) is 132 Å². The van der Waals surface area contributed by atoms with Gasteiger partial charge in [0.15, 0.2) is 5.11 Å². The number of fused-ring (bicyclic) bond motifs is 2. The number of nitrogens with one attached hydrogen (secondary N) is 5. The van der Waals surface area contributed by atoms with Crippen molar-refractivity contribution in [3.63, 3.8) is 0 Å². The molecular weight excluding hydrogens is 707 g/mol. The van der Waals surface area contributed by atoms with Gasteiger partial charge in [-0.15, -0.1) is 0 Å². The SMILES string of the molecule is CCC(C)CNC(=O)CC(O)C(CC(C)C)NC(=O)C(C/C=C/CNC(=S)NC)NC(=O)C(Cc1ccc2ccccc2c1)Cc1cccc2ccccc12. The molecule has 0 aliphatic heterocycles. The lowest BCUT2D eigenvalue weighted by molar-refractivity contribution is -0.132. The fourth-order valence-corrected chi connectivity index (χ4v) is 6.74. The van der Waals surface area contributed by atoms with Gasteiger partial charge in [-0.2, -0.15) is 0 Å². The maximum absolute atomic E-state index is 14.5. The molecule has 0 radical (unpaired) electrons. The Hall–Kier alpha value is -4.80. The number of carbonyl (C=O) groups is 3. The van der Waals surface area contributed by atoms with Crippen molar-refractivity contribution < 1.29 is 19.5 Å². The van der Waals surface area contributed by atoms with Crippen LogP contribution in [-0.2, 0) is 27.2 Å². The number of rotatable bonds is 20. The Balaban J connectivity index is 1.60. The fourth-order valence-electron chi connectivity index (χ4n) is 6.66. The van der Waals surface area contributed by atoms with Gasteiger partial charge in [-0.25, -0.2) is 0 Å². The molecule has 5 unspecified atom stereocenters. The minimum atomic E-state index is -1.10. The molecule has 0 fully saturated rings. The van der Waals surface area contributed by atoms with E-state index in [1.807, 2.05) is 56.3 Å². The molecular formula is C45H59N5O4S. The number of benzene rings is 4. The highest BCUT2D eigenvalue weighted by molar-refractivity contribution is 7.80. The van der Waals surface area contributed by atoms with E-state index in [1.54, 1.807) is 7.05 Å². The zero-order valence-corrected chi connectivity index (χ0v) is 33.8. The van der Waals surface area contributed by atoms with Crippen LogP contribution >= 0.6 is 12.2 Å². The molecule has 0 saturated carbocycles. The first-order chi connectivity index (χ1) is 26.5. The smallest absolute Gasteiger partial charge is 0.243 e. The normalized spacial score (nSPS) is 14.2.